The number of likely N-dealkylation sites (tertiary alicyclic amines) is 1. The summed E-state index contributed by atoms with van der Waals surface area (Å²) in [5.41, 5.74) is -0.400. The predicted octanol–water partition coefficient (Wildman–Crippen LogP) is 3.17. The molecule has 1 amide bonds. The summed E-state index contributed by atoms with van der Waals surface area (Å²) in [5, 5.41) is 3.34. The fourth-order valence-corrected chi connectivity index (χ4v) is 2.50. The predicted molar refractivity (Wildman–Crippen MR) is 78.4 cm³/mol. The van der Waals surface area contributed by atoms with Crippen molar-refractivity contribution in [1.82, 2.24) is 10.2 Å². The molecular weight excluding hydrogens is 240 g/mol. The lowest BCUT2D eigenvalue weighted by Gasteiger charge is -2.36. The molecule has 1 saturated heterocycles. The molecule has 0 saturated carbocycles. The quantitative estimate of drug-likeness (QED) is 0.780. The zero-order valence-corrected chi connectivity index (χ0v) is 13.0. The zero-order chi connectivity index (χ0) is 14.3. The standard InChI is InChI=1S/C15H30N2O2/c1-5-16-11-8-10-13-9-6-7-12-17(13)14(18)19-15(2,3)4/h13,16H,5-12H2,1-4H3/t13-/m0/s1. The smallest absolute Gasteiger partial charge is 0.410 e. The fraction of sp³-hybridized carbons (Fsp3) is 0.933. The molecule has 0 bridgehead atoms. The van der Waals surface area contributed by atoms with Gasteiger partial charge in [-0.05, 0) is 66.0 Å². The molecule has 0 radical (unpaired) electrons. The minimum Gasteiger partial charge on any atom is -0.444 e. The first kappa shape index (κ1) is 16.3. The van der Waals surface area contributed by atoms with Gasteiger partial charge in [0.15, 0.2) is 0 Å². The second kappa shape index (κ2) is 7.73. The van der Waals surface area contributed by atoms with E-state index >= 15 is 0 Å². The molecular formula is C15H30N2O2. The molecule has 4 heteroatoms. The summed E-state index contributed by atoms with van der Waals surface area (Å²) in [7, 11) is 0. The van der Waals surface area contributed by atoms with Crippen LogP contribution >= 0.6 is 0 Å². The lowest BCUT2D eigenvalue weighted by atomic mass is 9.98. The van der Waals surface area contributed by atoms with Crippen molar-refractivity contribution in [2.24, 2.45) is 0 Å². The monoisotopic (exact) mass is 270 g/mol. The van der Waals surface area contributed by atoms with Crippen molar-refractivity contribution in [3.05, 3.63) is 0 Å². The Bertz CT molecular complexity index is 274. The van der Waals surface area contributed by atoms with E-state index in [0.717, 1.165) is 45.3 Å². The van der Waals surface area contributed by atoms with Crippen molar-refractivity contribution in [2.75, 3.05) is 19.6 Å². The molecule has 112 valence electrons. The average Bonchev–Trinajstić information content (AvgIpc) is 2.33. The Morgan fingerprint density at radius 3 is 2.74 bits per heavy atom. The average molecular weight is 270 g/mol. The van der Waals surface area contributed by atoms with E-state index in [1.807, 2.05) is 25.7 Å². The Kier molecular flexibility index (Phi) is 6.63. The Balaban J connectivity index is 2.45. The van der Waals surface area contributed by atoms with Crippen LogP contribution < -0.4 is 5.32 Å². The van der Waals surface area contributed by atoms with Crippen molar-refractivity contribution in [1.29, 1.82) is 0 Å². The lowest BCUT2D eigenvalue weighted by Crippen LogP contribution is -2.46. The lowest BCUT2D eigenvalue weighted by molar-refractivity contribution is 0.00867. The maximum absolute atomic E-state index is 12.2. The molecule has 0 aromatic heterocycles. The van der Waals surface area contributed by atoms with Crippen molar-refractivity contribution in [3.63, 3.8) is 0 Å². The maximum Gasteiger partial charge on any atom is 0.410 e. The normalized spacial score (nSPS) is 20.4. The Morgan fingerprint density at radius 1 is 1.37 bits per heavy atom. The molecule has 0 spiro atoms. The van der Waals surface area contributed by atoms with Crippen LogP contribution in [0, 0.1) is 0 Å². The molecule has 19 heavy (non-hydrogen) atoms. The molecule has 1 fully saturated rings. The van der Waals surface area contributed by atoms with Crippen molar-refractivity contribution >= 4 is 6.09 Å². The third-order valence-electron chi connectivity index (χ3n) is 3.40. The Morgan fingerprint density at radius 2 is 2.11 bits per heavy atom. The summed E-state index contributed by atoms with van der Waals surface area (Å²) in [6.45, 7) is 10.8. The van der Waals surface area contributed by atoms with Crippen LogP contribution in [0.5, 0.6) is 0 Å². The summed E-state index contributed by atoms with van der Waals surface area (Å²) >= 11 is 0. The number of rotatable bonds is 5. The molecule has 1 aliphatic heterocycles. The number of piperidine rings is 1. The maximum atomic E-state index is 12.2. The molecule has 1 N–H and O–H groups in total. The van der Waals surface area contributed by atoms with E-state index in [-0.39, 0.29) is 6.09 Å². The van der Waals surface area contributed by atoms with E-state index in [1.165, 1.54) is 6.42 Å². The number of ether oxygens (including phenoxy) is 1. The van der Waals surface area contributed by atoms with Crippen LogP contribution in [0.4, 0.5) is 4.79 Å². The molecule has 4 nitrogen and oxygen atoms in total. The van der Waals surface area contributed by atoms with Crippen molar-refractivity contribution in [2.45, 2.75) is 71.4 Å². The third kappa shape index (κ3) is 6.28. The van der Waals surface area contributed by atoms with Gasteiger partial charge in [-0.15, -0.1) is 0 Å². The van der Waals surface area contributed by atoms with E-state index < -0.39 is 5.60 Å². The molecule has 1 aliphatic rings. The first-order chi connectivity index (χ1) is 8.94. The first-order valence-electron chi connectivity index (χ1n) is 7.64. The van der Waals surface area contributed by atoms with Crippen LogP contribution in [0.3, 0.4) is 0 Å². The van der Waals surface area contributed by atoms with Crippen LogP contribution in [-0.4, -0.2) is 42.3 Å². The van der Waals surface area contributed by atoms with E-state index in [2.05, 4.69) is 12.2 Å². The molecule has 1 atom stereocenters. The number of nitrogens with zero attached hydrogens (tertiary/aromatic N) is 1. The van der Waals surface area contributed by atoms with Gasteiger partial charge in [0.2, 0.25) is 0 Å². The van der Waals surface area contributed by atoms with Crippen LogP contribution in [0.25, 0.3) is 0 Å². The van der Waals surface area contributed by atoms with Gasteiger partial charge < -0.3 is 15.0 Å². The summed E-state index contributed by atoms with van der Waals surface area (Å²) in [4.78, 5) is 14.1. The highest BCUT2D eigenvalue weighted by atomic mass is 16.6. The van der Waals surface area contributed by atoms with E-state index in [9.17, 15) is 4.79 Å². The van der Waals surface area contributed by atoms with Gasteiger partial charge in [-0.3, -0.25) is 0 Å². The van der Waals surface area contributed by atoms with Gasteiger partial charge in [-0.1, -0.05) is 6.92 Å². The molecule has 0 aliphatic carbocycles. The number of nitrogens with one attached hydrogen (secondary N) is 1. The highest BCUT2D eigenvalue weighted by Gasteiger charge is 2.29. The summed E-state index contributed by atoms with van der Waals surface area (Å²) in [6, 6.07) is 0.363. The van der Waals surface area contributed by atoms with Crippen LogP contribution in [0.15, 0.2) is 0 Å². The third-order valence-corrected chi connectivity index (χ3v) is 3.40. The van der Waals surface area contributed by atoms with Crippen molar-refractivity contribution in [3.8, 4) is 0 Å². The molecule has 0 aromatic rings. The SMILES string of the molecule is CCNCCC[C@@H]1CCCCN1C(=O)OC(C)(C)C. The van der Waals surface area contributed by atoms with Crippen molar-refractivity contribution < 1.29 is 9.53 Å². The van der Waals surface area contributed by atoms with Gasteiger partial charge in [-0.25, -0.2) is 4.79 Å². The number of hydrogen-bond donors (Lipinski definition) is 1. The van der Waals surface area contributed by atoms with E-state index in [1.54, 1.807) is 0 Å². The number of carbonyl (C=O) groups is 1. The van der Waals surface area contributed by atoms with Gasteiger partial charge in [-0.2, -0.15) is 0 Å². The number of carbonyl (C=O) groups excluding carboxylic acids is 1. The minimum absolute atomic E-state index is 0.138. The second-order valence-corrected chi connectivity index (χ2v) is 6.32. The van der Waals surface area contributed by atoms with Gasteiger partial charge >= 0.3 is 6.09 Å². The zero-order valence-electron chi connectivity index (χ0n) is 13.0. The highest BCUT2D eigenvalue weighted by molar-refractivity contribution is 5.68. The first-order valence-corrected chi connectivity index (χ1v) is 7.64. The second-order valence-electron chi connectivity index (χ2n) is 6.32. The Hall–Kier alpha value is -0.770. The molecule has 1 rings (SSSR count). The van der Waals surface area contributed by atoms with Gasteiger partial charge in [0, 0.05) is 12.6 Å². The van der Waals surface area contributed by atoms with Gasteiger partial charge in [0.1, 0.15) is 5.60 Å². The van der Waals surface area contributed by atoms with Gasteiger partial charge in [0.05, 0.1) is 0 Å². The molecule has 0 unspecified atom stereocenters. The number of amides is 1. The van der Waals surface area contributed by atoms with Crippen LogP contribution in [0.1, 0.15) is 59.8 Å². The molecule has 1 heterocycles. The van der Waals surface area contributed by atoms with Crippen LogP contribution in [-0.2, 0) is 4.74 Å². The minimum atomic E-state index is -0.400. The van der Waals surface area contributed by atoms with E-state index in [4.69, 9.17) is 4.74 Å². The van der Waals surface area contributed by atoms with Crippen LogP contribution in [0.2, 0.25) is 0 Å². The number of hydrogen-bond acceptors (Lipinski definition) is 3. The van der Waals surface area contributed by atoms with Gasteiger partial charge in [0.25, 0.3) is 0 Å². The fourth-order valence-electron chi connectivity index (χ4n) is 2.50. The topological polar surface area (TPSA) is 41.6 Å². The largest absolute Gasteiger partial charge is 0.444 e. The summed E-state index contributed by atoms with van der Waals surface area (Å²) in [6.07, 6.45) is 5.50. The summed E-state index contributed by atoms with van der Waals surface area (Å²) < 4.78 is 5.51. The molecule has 0 aromatic carbocycles. The highest BCUT2D eigenvalue weighted by Crippen LogP contribution is 2.23. The Labute approximate surface area is 117 Å². The van der Waals surface area contributed by atoms with E-state index in [0.29, 0.717) is 6.04 Å². The summed E-state index contributed by atoms with van der Waals surface area (Å²) in [5.74, 6) is 0.